The molecule has 4 heterocycles. The zero-order chi connectivity index (χ0) is 22.4. The summed E-state index contributed by atoms with van der Waals surface area (Å²) in [5.41, 5.74) is 4.72. The van der Waals surface area contributed by atoms with Gasteiger partial charge in [-0.15, -0.1) is 11.3 Å². The predicted octanol–water partition coefficient (Wildman–Crippen LogP) is 4.11. The first kappa shape index (κ1) is 20.7. The standard InChI is InChI=1S/C25H27N5O2S/c1-32-13-19-3-2-8-30(19)25(31)15-5-7-20-21(10-15)33-24-22(20)23(27-14-28-24)29-18-6-4-16-11-26-12-17(16)9-18/h4,6,9,12,14-15,19H,2-3,5,7-8,10-11,13H2,1H3,(H,27,28,29). The lowest BCUT2D eigenvalue weighted by Crippen LogP contribution is -2.43. The van der Waals surface area contributed by atoms with Crippen molar-refractivity contribution in [1.82, 2.24) is 14.9 Å². The predicted molar refractivity (Wildman–Crippen MR) is 131 cm³/mol. The van der Waals surface area contributed by atoms with Gasteiger partial charge in [0.2, 0.25) is 5.91 Å². The number of hydrogen-bond donors (Lipinski definition) is 1. The molecule has 1 amide bonds. The molecule has 0 bridgehead atoms. The molecule has 33 heavy (non-hydrogen) atoms. The van der Waals surface area contributed by atoms with Crippen molar-refractivity contribution in [2.75, 3.05) is 25.6 Å². The fourth-order valence-electron chi connectivity index (χ4n) is 5.46. The van der Waals surface area contributed by atoms with Gasteiger partial charge in [0.25, 0.3) is 0 Å². The molecule has 1 fully saturated rings. The number of hydrogen-bond acceptors (Lipinski definition) is 7. The van der Waals surface area contributed by atoms with E-state index in [9.17, 15) is 4.79 Å². The van der Waals surface area contributed by atoms with Crippen LogP contribution in [0.3, 0.4) is 0 Å². The largest absolute Gasteiger partial charge is 0.383 e. The van der Waals surface area contributed by atoms with Crippen molar-refractivity contribution in [1.29, 1.82) is 0 Å². The number of carbonyl (C=O) groups is 1. The third kappa shape index (κ3) is 3.71. The number of carbonyl (C=O) groups excluding carboxylic acids is 1. The van der Waals surface area contributed by atoms with Crippen molar-refractivity contribution in [2.45, 2.75) is 44.7 Å². The number of benzene rings is 1. The molecule has 2 unspecified atom stereocenters. The number of nitrogens with zero attached hydrogens (tertiary/aromatic N) is 4. The molecular formula is C25H27N5O2S. The van der Waals surface area contributed by atoms with Crippen LogP contribution in [0.5, 0.6) is 0 Å². The van der Waals surface area contributed by atoms with Crippen LogP contribution in [0.4, 0.5) is 11.5 Å². The third-order valence-corrected chi connectivity index (χ3v) is 8.28. The number of ether oxygens (including phenoxy) is 1. The van der Waals surface area contributed by atoms with Crippen LogP contribution >= 0.6 is 11.3 Å². The molecule has 1 saturated heterocycles. The summed E-state index contributed by atoms with van der Waals surface area (Å²) < 4.78 is 5.35. The second kappa shape index (κ2) is 8.50. The summed E-state index contributed by atoms with van der Waals surface area (Å²) in [6.45, 7) is 2.24. The monoisotopic (exact) mass is 461 g/mol. The smallest absolute Gasteiger partial charge is 0.226 e. The maximum Gasteiger partial charge on any atom is 0.226 e. The first-order chi connectivity index (χ1) is 16.2. The van der Waals surface area contributed by atoms with Gasteiger partial charge < -0.3 is 15.0 Å². The van der Waals surface area contributed by atoms with Crippen molar-refractivity contribution in [2.24, 2.45) is 10.9 Å². The van der Waals surface area contributed by atoms with Crippen LogP contribution in [0.1, 0.15) is 40.8 Å². The van der Waals surface area contributed by atoms with Gasteiger partial charge >= 0.3 is 0 Å². The van der Waals surface area contributed by atoms with Crippen LogP contribution < -0.4 is 5.32 Å². The summed E-state index contributed by atoms with van der Waals surface area (Å²) in [5, 5.41) is 4.62. The molecule has 170 valence electrons. The topological polar surface area (TPSA) is 79.7 Å². The summed E-state index contributed by atoms with van der Waals surface area (Å²) >= 11 is 1.71. The van der Waals surface area contributed by atoms with Crippen LogP contribution in [-0.4, -0.2) is 53.3 Å². The summed E-state index contributed by atoms with van der Waals surface area (Å²) in [4.78, 5) is 31.2. The van der Waals surface area contributed by atoms with Gasteiger partial charge in [-0.25, -0.2) is 9.97 Å². The Morgan fingerprint density at radius 2 is 2.24 bits per heavy atom. The average molecular weight is 462 g/mol. The molecule has 0 saturated carbocycles. The van der Waals surface area contributed by atoms with Crippen LogP contribution in [0.15, 0.2) is 29.5 Å². The maximum absolute atomic E-state index is 13.3. The lowest BCUT2D eigenvalue weighted by molar-refractivity contribution is -0.137. The number of likely N-dealkylation sites (tertiary alicyclic amines) is 1. The Morgan fingerprint density at radius 3 is 3.15 bits per heavy atom. The molecule has 3 aliphatic rings. The molecular weight excluding hydrogens is 434 g/mol. The van der Waals surface area contributed by atoms with Gasteiger partial charge in [-0.05, 0) is 60.9 Å². The fraction of sp³-hybridized carbons (Fsp3) is 0.440. The van der Waals surface area contributed by atoms with E-state index < -0.39 is 0 Å². The number of methoxy groups -OCH3 is 1. The van der Waals surface area contributed by atoms with E-state index in [1.54, 1.807) is 24.8 Å². The summed E-state index contributed by atoms with van der Waals surface area (Å²) in [5.74, 6) is 1.18. The highest BCUT2D eigenvalue weighted by molar-refractivity contribution is 7.19. The van der Waals surface area contributed by atoms with E-state index in [-0.39, 0.29) is 12.0 Å². The van der Waals surface area contributed by atoms with Gasteiger partial charge in [0.05, 0.1) is 24.6 Å². The minimum absolute atomic E-state index is 0.0448. The van der Waals surface area contributed by atoms with Crippen LogP contribution in [0, 0.1) is 5.92 Å². The molecule has 2 aliphatic heterocycles. The van der Waals surface area contributed by atoms with E-state index >= 15 is 0 Å². The van der Waals surface area contributed by atoms with E-state index in [0.29, 0.717) is 12.5 Å². The highest BCUT2D eigenvalue weighted by Gasteiger charge is 2.36. The normalized spacial score (nSPS) is 21.4. The Kier molecular flexibility index (Phi) is 5.34. The van der Waals surface area contributed by atoms with Gasteiger partial charge in [-0.1, -0.05) is 6.07 Å². The SMILES string of the molecule is COCC1CCCN1C(=O)C1CCc2c(sc3ncnc(Nc4ccc5c(c4)C=NC5)c23)C1. The zero-order valence-corrected chi connectivity index (χ0v) is 19.5. The van der Waals surface area contributed by atoms with Gasteiger partial charge in [-0.3, -0.25) is 9.79 Å². The quantitative estimate of drug-likeness (QED) is 0.619. The molecule has 0 radical (unpaired) electrons. The zero-order valence-electron chi connectivity index (χ0n) is 18.7. The van der Waals surface area contributed by atoms with Crippen molar-refractivity contribution >= 4 is 45.2 Å². The molecule has 0 spiro atoms. The van der Waals surface area contributed by atoms with E-state index in [4.69, 9.17) is 4.74 Å². The second-order valence-electron chi connectivity index (χ2n) is 9.14. The first-order valence-corrected chi connectivity index (χ1v) is 12.5. The number of aliphatic imine (C=N–C) groups is 1. The van der Waals surface area contributed by atoms with E-state index in [0.717, 1.165) is 72.5 Å². The Hall–Kier alpha value is -2.84. The number of aromatic nitrogens is 2. The molecule has 2 atom stereocenters. The van der Waals surface area contributed by atoms with Crippen molar-refractivity contribution < 1.29 is 9.53 Å². The summed E-state index contributed by atoms with van der Waals surface area (Å²) in [7, 11) is 1.72. The number of aryl methyl sites for hydroxylation is 1. The van der Waals surface area contributed by atoms with E-state index in [1.165, 1.54) is 16.0 Å². The molecule has 7 nitrogen and oxygen atoms in total. The number of anilines is 2. The Labute approximate surface area is 196 Å². The van der Waals surface area contributed by atoms with Crippen molar-refractivity contribution in [3.8, 4) is 0 Å². The van der Waals surface area contributed by atoms with Gasteiger partial charge in [0.15, 0.2) is 0 Å². The minimum atomic E-state index is 0.0448. The Morgan fingerprint density at radius 1 is 1.30 bits per heavy atom. The average Bonchev–Trinajstić information content (AvgIpc) is 3.56. The van der Waals surface area contributed by atoms with E-state index in [1.807, 2.05) is 6.21 Å². The van der Waals surface area contributed by atoms with Crippen LogP contribution in [0.25, 0.3) is 10.2 Å². The molecule has 2 aromatic heterocycles. The lowest BCUT2D eigenvalue weighted by Gasteiger charge is -2.30. The fourth-order valence-corrected chi connectivity index (χ4v) is 6.72. The molecule has 1 N–H and O–H groups in total. The van der Waals surface area contributed by atoms with Crippen LogP contribution in [-0.2, 0) is 28.9 Å². The van der Waals surface area contributed by atoms with Gasteiger partial charge in [0.1, 0.15) is 17.0 Å². The van der Waals surface area contributed by atoms with Crippen molar-refractivity contribution in [3.63, 3.8) is 0 Å². The van der Waals surface area contributed by atoms with Crippen LogP contribution in [0.2, 0.25) is 0 Å². The molecule has 8 heteroatoms. The molecule has 3 aromatic rings. The molecule has 6 rings (SSSR count). The van der Waals surface area contributed by atoms with Gasteiger partial charge in [-0.2, -0.15) is 0 Å². The highest BCUT2D eigenvalue weighted by atomic mass is 32.1. The Bertz CT molecular complexity index is 1250. The first-order valence-electron chi connectivity index (χ1n) is 11.7. The Balaban J connectivity index is 1.26. The molecule has 1 aliphatic carbocycles. The number of fused-ring (bicyclic) bond motifs is 4. The second-order valence-corrected chi connectivity index (χ2v) is 10.2. The minimum Gasteiger partial charge on any atom is -0.383 e. The summed E-state index contributed by atoms with van der Waals surface area (Å²) in [6.07, 6.45) is 8.21. The lowest BCUT2D eigenvalue weighted by atomic mass is 9.86. The molecule has 1 aromatic carbocycles. The summed E-state index contributed by atoms with van der Waals surface area (Å²) in [6, 6.07) is 6.56. The number of rotatable bonds is 5. The number of thiophene rings is 1. The van der Waals surface area contributed by atoms with E-state index in [2.05, 4.69) is 43.4 Å². The third-order valence-electron chi connectivity index (χ3n) is 7.11. The van der Waals surface area contributed by atoms with Crippen molar-refractivity contribution in [3.05, 3.63) is 46.1 Å². The number of amides is 1. The number of nitrogens with one attached hydrogen (secondary N) is 1. The highest BCUT2D eigenvalue weighted by Crippen LogP contribution is 2.41. The maximum atomic E-state index is 13.3. The van der Waals surface area contributed by atoms with Gasteiger partial charge in [0, 0.05) is 36.4 Å².